The summed E-state index contributed by atoms with van der Waals surface area (Å²) in [5.74, 6) is 1.13. The summed E-state index contributed by atoms with van der Waals surface area (Å²) >= 11 is 0. The third-order valence-electron chi connectivity index (χ3n) is 4.02. The molecule has 0 saturated heterocycles. The van der Waals surface area contributed by atoms with Crippen LogP contribution in [-0.2, 0) is 6.54 Å². The highest BCUT2D eigenvalue weighted by atomic mass is 15.2. The first-order valence-electron chi connectivity index (χ1n) is 7.80. The number of hydrogen-bond acceptors (Lipinski definition) is 3. The van der Waals surface area contributed by atoms with Gasteiger partial charge >= 0.3 is 0 Å². The monoisotopic (exact) mass is 283 g/mol. The molecule has 1 saturated carbocycles. The maximum absolute atomic E-state index is 4.92. The van der Waals surface area contributed by atoms with Crippen molar-refractivity contribution < 1.29 is 0 Å². The number of benzene rings is 1. The van der Waals surface area contributed by atoms with Gasteiger partial charge in [0.15, 0.2) is 0 Å². The number of hydrogen-bond donors (Lipinski definition) is 1. The normalized spacial score (nSPS) is 15.4. The van der Waals surface area contributed by atoms with E-state index in [1.165, 1.54) is 23.8 Å². The van der Waals surface area contributed by atoms with Gasteiger partial charge in [-0.3, -0.25) is 0 Å². The highest BCUT2D eigenvalue weighted by Crippen LogP contribution is 2.32. The van der Waals surface area contributed by atoms with Gasteiger partial charge in [-0.05, 0) is 45.7 Å². The lowest BCUT2D eigenvalue weighted by molar-refractivity contribution is 0.424. The molecule has 112 valence electrons. The highest BCUT2D eigenvalue weighted by molar-refractivity contribution is 5.81. The number of anilines is 1. The number of fused-ring (bicyclic) bond motifs is 1. The molecule has 1 aromatic heterocycles. The second-order valence-corrected chi connectivity index (χ2v) is 7.11. The Labute approximate surface area is 127 Å². The van der Waals surface area contributed by atoms with Crippen molar-refractivity contribution in [2.75, 3.05) is 11.9 Å². The van der Waals surface area contributed by atoms with E-state index in [4.69, 9.17) is 4.98 Å². The Bertz CT molecular complexity index is 638. The van der Waals surface area contributed by atoms with E-state index in [0.717, 1.165) is 17.9 Å². The highest BCUT2D eigenvalue weighted by Gasteiger charge is 2.28. The van der Waals surface area contributed by atoms with Gasteiger partial charge in [0.1, 0.15) is 5.82 Å². The molecular weight excluding hydrogens is 258 g/mol. The van der Waals surface area contributed by atoms with Crippen molar-refractivity contribution in [2.45, 2.75) is 51.7 Å². The van der Waals surface area contributed by atoms with Gasteiger partial charge < -0.3 is 10.2 Å². The van der Waals surface area contributed by atoms with Crippen LogP contribution in [0.3, 0.4) is 0 Å². The van der Waals surface area contributed by atoms with Gasteiger partial charge in [0.05, 0.1) is 5.52 Å². The Morgan fingerprint density at radius 2 is 1.95 bits per heavy atom. The van der Waals surface area contributed by atoms with E-state index in [1.54, 1.807) is 0 Å². The molecule has 3 nitrogen and oxygen atoms in total. The fourth-order valence-corrected chi connectivity index (χ4v) is 2.58. The molecule has 0 bridgehead atoms. The zero-order valence-electron chi connectivity index (χ0n) is 13.5. The van der Waals surface area contributed by atoms with Crippen LogP contribution in [0.15, 0.2) is 30.3 Å². The second kappa shape index (κ2) is 5.30. The number of rotatable bonds is 4. The SMILES string of the molecule is CN(c1nc2ccccc2cc1CNC(C)(C)C)C1CC1. The Kier molecular flexibility index (Phi) is 3.62. The van der Waals surface area contributed by atoms with E-state index in [9.17, 15) is 0 Å². The van der Waals surface area contributed by atoms with E-state index in [-0.39, 0.29) is 5.54 Å². The molecule has 1 N–H and O–H groups in total. The summed E-state index contributed by atoms with van der Waals surface area (Å²) in [6.07, 6.45) is 2.58. The van der Waals surface area contributed by atoms with E-state index >= 15 is 0 Å². The predicted molar refractivity (Wildman–Crippen MR) is 89.8 cm³/mol. The van der Waals surface area contributed by atoms with Gasteiger partial charge in [-0.15, -0.1) is 0 Å². The van der Waals surface area contributed by atoms with Gasteiger partial charge in [0.2, 0.25) is 0 Å². The molecule has 0 unspecified atom stereocenters. The summed E-state index contributed by atoms with van der Waals surface area (Å²) < 4.78 is 0. The molecule has 1 aliphatic carbocycles. The molecule has 1 aliphatic rings. The van der Waals surface area contributed by atoms with Crippen LogP contribution >= 0.6 is 0 Å². The second-order valence-electron chi connectivity index (χ2n) is 7.11. The summed E-state index contributed by atoms with van der Waals surface area (Å²) in [6.45, 7) is 7.46. The summed E-state index contributed by atoms with van der Waals surface area (Å²) in [5.41, 5.74) is 2.48. The molecule has 1 aromatic carbocycles. The fraction of sp³-hybridized carbons (Fsp3) is 0.500. The third-order valence-corrected chi connectivity index (χ3v) is 4.02. The van der Waals surface area contributed by atoms with Crippen LogP contribution in [0.2, 0.25) is 0 Å². The summed E-state index contributed by atoms with van der Waals surface area (Å²) in [7, 11) is 2.18. The van der Waals surface area contributed by atoms with Gasteiger partial charge in [-0.1, -0.05) is 18.2 Å². The van der Waals surface area contributed by atoms with Gasteiger partial charge in [-0.25, -0.2) is 4.98 Å². The smallest absolute Gasteiger partial charge is 0.133 e. The fourth-order valence-electron chi connectivity index (χ4n) is 2.58. The molecule has 3 heteroatoms. The molecule has 0 amide bonds. The van der Waals surface area contributed by atoms with E-state index in [0.29, 0.717) is 6.04 Å². The largest absolute Gasteiger partial charge is 0.356 e. The van der Waals surface area contributed by atoms with Gasteiger partial charge in [-0.2, -0.15) is 0 Å². The minimum Gasteiger partial charge on any atom is -0.356 e. The van der Waals surface area contributed by atoms with Crippen LogP contribution < -0.4 is 10.2 Å². The molecule has 0 aliphatic heterocycles. The number of nitrogens with one attached hydrogen (secondary N) is 1. The first-order valence-corrected chi connectivity index (χ1v) is 7.80. The number of pyridine rings is 1. The molecule has 0 radical (unpaired) electrons. The minimum atomic E-state index is 0.112. The zero-order chi connectivity index (χ0) is 15.0. The molecule has 1 heterocycles. The Morgan fingerprint density at radius 1 is 1.24 bits per heavy atom. The van der Waals surface area contributed by atoms with Crippen molar-refractivity contribution in [3.8, 4) is 0 Å². The molecule has 0 spiro atoms. The van der Waals surface area contributed by atoms with Crippen molar-refractivity contribution in [2.24, 2.45) is 0 Å². The Balaban J connectivity index is 1.99. The zero-order valence-corrected chi connectivity index (χ0v) is 13.5. The Hall–Kier alpha value is -1.61. The van der Waals surface area contributed by atoms with Gasteiger partial charge in [0.25, 0.3) is 0 Å². The maximum Gasteiger partial charge on any atom is 0.133 e. The average molecular weight is 283 g/mol. The Morgan fingerprint density at radius 3 is 2.62 bits per heavy atom. The van der Waals surface area contributed by atoms with Crippen LogP contribution in [0.4, 0.5) is 5.82 Å². The average Bonchev–Trinajstić information content (AvgIpc) is 3.27. The van der Waals surface area contributed by atoms with Crippen molar-refractivity contribution in [1.82, 2.24) is 10.3 Å². The summed E-state index contributed by atoms with van der Waals surface area (Å²) in [6, 6.07) is 11.3. The quantitative estimate of drug-likeness (QED) is 0.927. The van der Waals surface area contributed by atoms with Crippen LogP contribution in [0.25, 0.3) is 10.9 Å². The molecular formula is C18H25N3. The summed E-state index contributed by atoms with van der Waals surface area (Å²) in [5, 5.41) is 4.81. The lowest BCUT2D eigenvalue weighted by Gasteiger charge is -2.25. The van der Waals surface area contributed by atoms with E-state index in [2.05, 4.69) is 68.4 Å². The van der Waals surface area contributed by atoms with Gasteiger partial charge in [0, 0.05) is 36.1 Å². The van der Waals surface area contributed by atoms with E-state index in [1.807, 2.05) is 0 Å². The van der Waals surface area contributed by atoms with Crippen LogP contribution in [0.5, 0.6) is 0 Å². The lowest BCUT2D eigenvalue weighted by atomic mass is 10.1. The first kappa shape index (κ1) is 14.3. The third kappa shape index (κ3) is 3.35. The molecule has 1 fully saturated rings. The topological polar surface area (TPSA) is 28.2 Å². The number of nitrogens with zero attached hydrogens (tertiary/aromatic N) is 2. The van der Waals surface area contributed by atoms with E-state index < -0.39 is 0 Å². The predicted octanol–water partition coefficient (Wildman–Crippen LogP) is 3.72. The molecule has 0 atom stereocenters. The van der Waals surface area contributed by atoms with Crippen LogP contribution in [0.1, 0.15) is 39.2 Å². The maximum atomic E-state index is 4.92. The van der Waals surface area contributed by atoms with Crippen LogP contribution in [-0.4, -0.2) is 23.6 Å². The van der Waals surface area contributed by atoms with Crippen molar-refractivity contribution in [3.63, 3.8) is 0 Å². The number of para-hydroxylation sites is 1. The number of aromatic nitrogens is 1. The minimum absolute atomic E-state index is 0.112. The molecule has 3 rings (SSSR count). The van der Waals surface area contributed by atoms with Crippen molar-refractivity contribution in [3.05, 3.63) is 35.9 Å². The van der Waals surface area contributed by atoms with Crippen molar-refractivity contribution >= 4 is 16.7 Å². The molecule has 21 heavy (non-hydrogen) atoms. The van der Waals surface area contributed by atoms with Crippen molar-refractivity contribution in [1.29, 1.82) is 0 Å². The standard InChI is InChI=1S/C18H25N3/c1-18(2,3)19-12-14-11-13-7-5-6-8-16(13)20-17(14)21(4)15-9-10-15/h5-8,11,15,19H,9-10,12H2,1-4H3. The summed E-state index contributed by atoms with van der Waals surface area (Å²) in [4.78, 5) is 7.28. The lowest BCUT2D eigenvalue weighted by Crippen LogP contribution is -2.35. The molecule has 2 aromatic rings. The van der Waals surface area contributed by atoms with Crippen LogP contribution in [0, 0.1) is 0 Å². The first-order chi connectivity index (χ1) is 9.94.